The molecule has 4 N–H and O–H groups in total. The Hall–Kier alpha value is -2.74. The Balaban J connectivity index is 1.74. The first-order chi connectivity index (χ1) is 11.7. The summed E-state index contributed by atoms with van der Waals surface area (Å²) in [6.45, 7) is 0. The number of benzene rings is 3. The summed E-state index contributed by atoms with van der Waals surface area (Å²) in [6.07, 6.45) is 4.37. The highest BCUT2D eigenvalue weighted by molar-refractivity contribution is 5.83. The molecule has 0 heterocycles. The highest BCUT2D eigenvalue weighted by Gasteiger charge is 2.22. The number of fused-ring (bicyclic) bond motifs is 6. The zero-order valence-corrected chi connectivity index (χ0v) is 13.6. The van der Waals surface area contributed by atoms with Crippen molar-refractivity contribution in [1.29, 1.82) is 0 Å². The molecule has 2 nitrogen and oxygen atoms in total. The van der Waals surface area contributed by atoms with E-state index in [0.29, 0.717) is 0 Å². The summed E-state index contributed by atoms with van der Waals surface area (Å²) in [5, 5.41) is 0. The lowest BCUT2D eigenvalue weighted by atomic mass is 9.78. The lowest BCUT2D eigenvalue weighted by Crippen LogP contribution is -2.10. The molecule has 0 radical (unpaired) electrons. The number of anilines is 2. The molecule has 0 amide bonds. The van der Waals surface area contributed by atoms with E-state index in [1.807, 2.05) is 12.1 Å². The Morgan fingerprint density at radius 3 is 1.29 bits per heavy atom. The van der Waals surface area contributed by atoms with Crippen LogP contribution in [0.5, 0.6) is 0 Å². The Labute approximate surface area is 142 Å². The summed E-state index contributed by atoms with van der Waals surface area (Å²) in [5.74, 6) is 0. The molecule has 24 heavy (non-hydrogen) atoms. The van der Waals surface area contributed by atoms with E-state index >= 15 is 0 Å². The van der Waals surface area contributed by atoms with Gasteiger partial charge in [0, 0.05) is 11.4 Å². The molecule has 3 aromatic rings. The van der Waals surface area contributed by atoms with Crippen LogP contribution in [-0.2, 0) is 25.7 Å². The first kappa shape index (κ1) is 13.7. The largest absolute Gasteiger partial charge is 0.399 e. The van der Waals surface area contributed by atoms with Gasteiger partial charge in [-0.1, -0.05) is 24.3 Å². The van der Waals surface area contributed by atoms with E-state index < -0.39 is 0 Å². The van der Waals surface area contributed by atoms with E-state index in [1.54, 1.807) is 0 Å². The summed E-state index contributed by atoms with van der Waals surface area (Å²) < 4.78 is 0. The molecular formula is C22H20N2. The van der Waals surface area contributed by atoms with Crippen molar-refractivity contribution in [3.63, 3.8) is 0 Å². The van der Waals surface area contributed by atoms with E-state index in [9.17, 15) is 0 Å². The van der Waals surface area contributed by atoms with Crippen molar-refractivity contribution in [2.45, 2.75) is 25.7 Å². The minimum Gasteiger partial charge on any atom is -0.399 e. The van der Waals surface area contributed by atoms with Crippen LogP contribution in [0.1, 0.15) is 22.3 Å². The minimum absolute atomic E-state index is 0.845. The van der Waals surface area contributed by atoms with Crippen LogP contribution in [0.25, 0.3) is 22.3 Å². The molecular weight excluding hydrogens is 292 g/mol. The molecule has 0 saturated carbocycles. The first-order valence-corrected chi connectivity index (χ1v) is 8.62. The van der Waals surface area contributed by atoms with Crippen molar-refractivity contribution in [2.24, 2.45) is 0 Å². The summed E-state index contributed by atoms with van der Waals surface area (Å²) >= 11 is 0. The second-order valence-electron chi connectivity index (χ2n) is 7.00. The van der Waals surface area contributed by atoms with Gasteiger partial charge in [-0.15, -0.1) is 0 Å². The molecule has 2 aliphatic carbocycles. The maximum Gasteiger partial charge on any atom is 0.0320 e. The van der Waals surface area contributed by atoms with Crippen LogP contribution in [0, 0.1) is 0 Å². The fraction of sp³-hybridized carbons (Fsp3) is 0.182. The molecule has 0 unspecified atom stereocenters. The second kappa shape index (κ2) is 4.88. The standard InChI is InChI=1S/C22H20N2/c23-17-7-5-13-1-3-15-9-20-16(10-19(15)21(13)11-17)4-2-14-6-8-18(24)12-22(14)20/h5-12H,1-4,23-24H2. The average molecular weight is 312 g/mol. The van der Waals surface area contributed by atoms with Crippen LogP contribution in [0.4, 0.5) is 11.4 Å². The van der Waals surface area contributed by atoms with Gasteiger partial charge in [0.15, 0.2) is 0 Å². The van der Waals surface area contributed by atoms with E-state index in [-0.39, 0.29) is 0 Å². The van der Waals surface area contributed by atoms with Crippen molar-refractivity contribution < 1.29 is 0 Å². The molecule has 0 aromatic heterocycles. The van der Waals surface area contributed by atoms with E-state index in [1.165, 1.54) is 44.5 Å². The van der Waals surface area contributed by atoms with Crippen LogP contribution in [0.3, 0.4) is 0 Å². The molecule has 0 atom stereocenters. The number of hydrogen-bond acceptors (Lipinski definition) is 2. The normalized spacial score (nSPS) is 14.3. The number of nitrogen functional groups attached to an aromatic ring is 2. The van der Waals surface area contributed by atoms with Gasteiger partial charge in [-0.25, -0.2) is 0 Å². The van der Waals surface area contributed by atoms with Gasteiger partial charge in [0.2, 0.25) is 0 Å². The Bertz CT molecular complexity index is 904. The summed E-state index contributed by atoms with van der Waals surface area (Å²) in [7, 11) is 0. The van der Waals surface area contributed by atoms with Crippen LogP contribution in [0.2, 0.25) is 0 Å². The molecule has 0 bridgehead atoms. The third-order valence-corrected chi connectivity index (χ3v) is 5.50. The van der Waals surface area contributed by atoms with Gasteiger partial charge in [-0.3, -0.25) is 0 Å². The SMILES string of the molecule is Nc1ccc2c(c1)-c1cc3c(cc1CC2)-c1cc(N)ccc1CC3. The third-order valence-electron chi connectivity index (χ3n) is 5.50. The Kier molecular flexibility index (Phi) is 2.78. The Morgan fingerprint density at radius 2 is 0.833 bits per heavy atom. The third kappa shape index (κ3) is 1.96. The van der Waals surface area contributed by atoms with Gasteiger partial charge in [0.25, 0.3) is 0 Å². The fourth-order valence-electron chi connectivity index (χ4n) is 4.27. The molecule has 0 aliphatic heterocycles. The highest BCUT2D eigenvalue weighted by atomic mass is 14.5. The van der Waals surface area contributed by atoms with E-state index in [0.717, 1.165) is 37.1 Å². The molecule has 2 heteroatoms. The molecule has 0 fully saturated rings. The lowest BCUT2D eigenvalue weighted by molar-refractivity contribution is 0.917. The molecule has 0 spiro atoms. The number of aryl methyl sites for hydroxylation is 4. The van der Waals surface area contributed by atoms with Crippen molar-refractivity contribution in [2.75, 3.05) is 11.5 Å². The quantitative estimate of drug-likeness (QED) is 0.605. The van der Waals surface area contributed by atoms with Crippen LogP contribution >= 0.6 is 0 Å². The predicted molar refractivity (Wildman–Crippen MR) is 101 cm³/mol. The lowest BCUT2D eigenvalue weighted by Gasteiger charge is -2.26. The monoisotopic (exact) mass is 312 g/mol. The minimum atomic E-state index is 0.845. The van der Waals surface area contributed by atoms with E-state index in [2.05, 4.69) is 36.4 Å². The van der Waals surface area contributed by atoms with E-state index in [4.69, 9.17) is 11.5 Å². The van der Waals surface area contributed by atoms with Gasteiger partial charge in [-0.05, 0) is 94.5 Å². The van der Waals surface area contributed by atoms with Gasteiger partial charge in [0.1, 0.15) is 0 Å². The molecule has 3 aromatic carbocycles. The zero-order chi connectivity index (χ0) is 16.3. The summed E-state index contributed by atoms with van der Waals surface area (Å²) in [4.78, 5) is 0. The molecule has 2 aliphatic rings. The molecule has 0 saturated heterocycles. The Morgan fingerprint density at radius 1 is 0.458 bits per heavy atom. The number of hydrogen-bond donors (Lipinski definition) is 2. The first-order valence-electron chi connectivity index (χ1n) is 8.62. The maximum absolute atomic E-state index is 6.04. The zero-order valence-electron chi connectivity index (χ0n) is 13.6. The van der Waals surface area contributed by atoms with Crippen molar-refractivity contribution >= 4 is 11.4 Å². The number of nitrogens with two attached hydrogens (primary N) is 2. The number of rotatable bonds is 0. The smallest absolute Gasteiger partial charge is 0.0320 e. The van der Waals surface area contributed by atoms with Crippen LogP contribution in [0.15, 0.2) is 48.5 Å². The predicted octanol–water partition coefficient (Wildman–Crippen LogP) is 4.38. The van der Waals surface area contributed by atoms with Crippen molar-refractivity contribution in [1.82, 2.24) is 0 Å². The highest BCUT2D eigenvalue weighted by Crippen LogP contribution is 2.42. The summed E-state index contributed by atoms with van der Waals surface area (Å²) in [5.41, 5.74) is 24.8. The van der Waals surface area contributed by atoms with Gasteiger partial charge < -0.3 is 11.5 Å². The topological polar surface area (TPSA) is 52.0 Å². The van der Waals surface area contributed by atoms with Crippen LogP contribution in [-0.4, -0.2) is 0 Å². The van der Waals surface area contributed by atoms with Crippen molar-refractivity contribution in [3.05, 3.63) is 70.8 Å². The van der Waals surface area contributed by atoms with Gasteiger partial charge in [0.05, 0.1) is 0 Å². The van der Waals surface area contributed by atoms with Gasteiger partial charge in [-0.2, -0.15) is 0 Å². The second-order valence-corrected chi connectivity index (χ2v) is 7.00. The fourth-order valence-corrected chi connectivity index (χ4v) is 4.27. The van der Waals surface area contributed by atoms with Gasteiger partial charge >= 0.3 is 0 Å². The van der Waals surface area contributed by atoms with Crippen LogP contribution < -0.4 is 11.5 Å². The van der Waals surface area contributed by atoms with Crippen molar-refractivity contribution in [3.8, 4) is 22.3 Å². The molecule has 5 rings (SSSR count). The maximum atomic E-state index is 6.04. The average Bonchev–Trinajstić information content (AvgIpc) is 2.60. The summed E-state index contributed by atoms with van der Waals surface area (Å²) in [6, 6.07) is 17.5. The molecule has 118 valence electrons.